The van der Waals surface area contributed by atoms with Crippen molar-refractivity contribution >= 4 is 5.97 Å². The van der Waals surface area contributed by atoms with Gasteiger partial charge in [0.15, 0.2) is 5.97 Å². The third-order valence-electron chi connectivity index (χ3n) is 4.42. The van der Waals surface area contributed by atoms with Crippen molar-refractivity contribution in [3.8, 4) is 0 Å². The van der Waals surface area contributed by atoms with Crippen molar-refractivity contribution in [2.24, 2.45) is 11.8 Å². The van der Waals surface area contributed by atoms with Gasteiger partial charge in [-0.05, 0) is 31.6 Å². The molecule has 0 aromatic carbocycles. The predicted molar refractivity (Wildman–Crippen MR) is 65.9 cm³/mol. The number of esters is 1. The van der Waals surface area contributed by atoms with E-state index in [2.05, 4.69) is 20.8 Å². The SMILES string of the molecule is CC[C-](C)C(=O)OC1(C)C(C)CCCC1C.[Y]. The van der Waals surface area contributed by atoms with Crippen molar-refractivity contribution in [1.82, 2.24) is 0 Å². The molecule has 2 nitrogen and oxygen atoms in total. The zero-order chi connectivity index (χ0) is 12.3. The van der Waals surface area contributed by atoms with Crippen molar-refractivity contribution in [2.45, 2.75) is 65.9 Å². The standard InChI is InChI=1S/C14H25O2.Y/c1-6-10(2)13(15)16-14(5)11(3)8-7-9-12(14)4;/h11-12H,6-9H2,1-5H3;/q-1;. The maximum absolute atomic E-state index is 11.9. The molecule has 0 aromatic heterocycles. The first-order valence-corrected chi connectivity index (χ1v) is 6.47. The van der Waals surface area contributed by atoms with Crippen molar-refractivity contribution in [3.63, 3.8) is 0 Å². The average molecular weight is 314 g/mol. The molecule has 2 atom stereocenters. The summed E-state index contributed by atoms with van der Waals surface area (Å²) < 4.78 is 5.78. The summed E-state index contributed by atoms with van der Waals surface area (Å²) in [7, 11) is 0. The van der Waals surface area contributed by atoms with E-state index in [1.807, 2.05) is 13.8 Å². The Morgan fingerprint density at radius 1 is 1.35 bits per heavy atom. The van der Waals surface area contributed by atoms with Crippen LogP contribution in [0.2, 0.25) is 0 Å². The molecule has 0 bridgehead atoms. The van der Waals surface area contributed by atoms with Gasteiger partial charge >= 0.3 is 0 Å². The zero-order valence-corrected chi connectivity index (χ0v) is 14.7. The minimum Gasteiger partial charge on any atom is -0.481 e. The molecule has 0 aliphatic heterocycles. The van der Waals surface area contributed by atoms with Crippen LogP contribution < -0.4 is 0 Å². The number of hydrogen-bond acceptors (Lipinski definition) is 2. The van der Waals surface area contributed by atoms with Gasteiger partial charge < -0.3 is 4.74 Å². The van der Waals surface area contributed by atoms with Gasteiger partial charge in [0.05, 0.1) is 0 Å². The molecule has 0 saturated heterocycles. The largest absolute Gasteiger partial charge is 0.481 e. The van der Waals surface area contributed by atoms with Gasteiger partial charge in [0.1, 0.15) is 5.60 Å². The van der Waals surface area contributed by atoms with Gasteiger partial charge in [-0.25, -0.2) is 0 Å². The Morgan fingerprint density at radius 3 is 2.24 bits per heavy atom. The van der Waals surface area contributed by atoms with Crippen LogP contribution in [0.4, 0.5) is 0 Å². The molecule has 3 heteroatoms. The number of ether oxygens (including phenoxy) is 1. The average Bonchev–Trinajstić information content (AvgIpc) is 2.25. The van der Waals surface area contributed by atoms with Gasteiger partial charge in [0.25, 0.3) is 0 Å². The fraction of sp³-hybridized carbons (Fsp3) is 0.857. The Balaban J connectivity index is 0.00000256. The van der Waals surface area contributed by atoms with Crippen LogP contribution in [-0.4, -0.2) is 11.6 Å². The number of hydrogen-bond donors (Lipinski definition) is 0. The van der Waals surface area contributed by atoms with Crippen LogP contribution >= 0.6 is 0 Å². The molecule has 0 heterocycles. The van der Waals surface area contributed by atoms with E-state index in [1.165, 1.54) is 19.3 Å². The molecule has 17 heavy (non-hydrogen) atoms. The molecular weight excluding hydrogens is 289 g/mol. The molecule has 1 radical (unpaired) electrons. The summed E-state index contributed by atoms with van der Waals surface area (Å²) in [6, 6.07) is 0. The Kier molecular flexibility index (Phi) is 7.32. The summed E-state index contributed by atoms with van der Waals surface area (Å²) in [5.74, 6) is 1.64. The Labute approximate surface area is 131 Å². The number of carbonyl (C=O) groups is 1. The molecule has 0 aromatic rings. The van der Waals surface area contributed by atoms with Gasteiger partial charge in [-0.1, -0.05) is 27.2 Å². The van der Waals surface area contributed by atoms with E-state index in [0.29, 0.717) is 11.8 Å². The molecule has 0 spiro atoms. The van der Waals surface area contributed by atoms with E-state index in [0.717, 1.165) is 12.3 Å². The van der Waals surface area contributed by atoms with Crippen LogP contribution in [0.15, 0.2) is 0 Å². The molecule has 97 valence electrons. The molecule has 2 unspecified atom stereocenters. The van der Waals surface area contributed by atoms with Crippen LogP contribution in [-0.2, 0) is 42.2 Å². The second-order valence-corrected chi connectivity index (χ2v) is 5.44. The summed E-state index contributed by atoms with van der Waals surface area (Å²) >= 11 is 0. The summed E-state index contributed by atoms with van der Waals surface area (Å²) in [6.07, 6.45) is 4.36. The molecule has 1 fully saturated rings. The summed E-state index contributed by atoms with van der Waals surface area (Å²) in [4.78, 5) is 11.9. The molecule has 0 N–H and O–H groups in total. The van der Waals surface area contributed by atoms with Gasteiger partial charge in [0, 0.05) is 32.7 Å². The van der Waals surface area contributed by atoms with E-state index in [4.69, 9.17) is 4.74 Å². The minimum atomic E-state index is -0.272. The van der Waals surface area contributed by atoms with Crippen molar-refractivity contribution in [2.75, 3.05) is 0 Å². The normalized spacial score (nSPS) is 32.5. The fourth-order valence-electron chi connectivity index (χ4n) is 2.42. The molecule has 1 saturated carbocycles. The Hall–Kier alpha value is 0.444. The maximum Gasteiger partial charge on any atom is 0.170 e. The smallest absolute Gasteiger partial charge is 0.170 e. The van der Waals surface area contributed by atoms with Gasteiger partial charge in [-0.3, -0.25) is 10.7 Å². The third kappa shape index (κ3) is 3.96. The molecule has 1 aliphatic rings. The van der Waals surface area contributed by atoms with E-state index in [-0.39, 0.29) is 44.3 Å². The quantitative estimate of drug-likeness (QED) is 0.586. The van der Waals surface area contributed by atoms with Crippen molar-refractivity contribution < 1.29 is 42.2 Å². The minimum absolute atomic E-state index is 0. The van der Waals surface area contributed by atoms with E-state index in [9.17, 15) is 4.79 Å². The monoisotopic (exact) mass is 314 g/mol. The molecule has 1 rings (SSSR count). The number of rotatable bonds is 3. The summed E-state index contributed by atoms with van der Waals surface area (Å²) in [6.45, 7) is 10.4. The van der Waals surface area contributed by atoms with Crippen molar-refractivity contribution in [3.05, 3.63) is 5.92 Å². The first-order chi connectivity index (χ1) is 7.41. The van der Waals surface area contributed by atoms with E-state index < -0.39 is 0 Å². The molecule has 1 aliphatic carbocycles. The van der Waals surface area contributed by atoms with E-state index >= 15 is 0 Å². The summed E-state index contributed by atoms with van der Waals surface area (Å²) in [5, 5.41) is 0. The van der Waals surface area contributed by atoms with Crippen LogP contribution in [0.5, 0.6) is 0 Å². The third-order valence-corrected chi connectivity index (χ3v) is 4.42. The molecule has 0 amide bonds. The second kappa shape index (κ2) is 7.14. The topological polar surface area (TPSA) is 26.3 Å². The van der Waals surface area contributed by atoms with E-state index in [1.54, 1.807) is 0 Å². The van der Waals surface area contributed by atoms with Crippen molar-refractivity contribution in [1.29, 1.82) is 0 Å². The first kappa shape index (κ1) is 17.4. The second-order valence-electron chi connectivity index (χ2n) is 5.44. The van der Waals surface area contributed by atoms with Crippen LogP contribution in [0, 0.1) is 17.8 Å². The van der Waals surface area contributed by atoms with Crippen LogP contribution in [0.25, 0.3) is 0 Å². The number of carbonyl (C=O) groups excluding carboxylic acids is 1. The fourth-order valence-corrected chi connectivity index (χ4v) is 2.42. The Morgan fingerprint density at radius 2 is 1.82 bits per heavy atom. The first-order valence-electron chi connectivity index (χ1n) is 6.47. The predicted octanol–water partition coefficient (Wildman–Crippen LogP) is 3.75. The zero-order valence-electron chi connectivity index (χ0n) is 11.9. The van der Waals surface area contributed by atoms with Gasteiger partial charge in [-0.15, -0.1) is 0 Å². The van der Waals surface area contributed by atoms with Gasteiger partial charge in [-0.2, -0.15) is 13.3 Å². The molecular formula is C14H25O2Y-. The van der Waals surface area contributed by atoms with Crippen LogP contribution in [0.1, 0.15) is 60.3 Å². The summed E-state index contributed by atoms with van der Waals surface area (Å²) in [5.41, 5.74) is -0.272. The van der Waals surface area contributed by atoms with Gasteiger partial charge in [0.2, 0.25) is 0 Å². The maximum atomic E-state index is 11.9. The van der Waals surface area contributed by atoms with Crippen LogP contribution in [0.3, 0.4) is 0 Å². The Bertz CT molecular complexity index is 243.